The molecule has 2 aromatic rings. The second-order valence-corrected chi connectivity index (χ2v) is 5.91. The van der Waals surface area contributed by atoms with Gasteiger partial charge in [-0.15, -0.1) is 0 Å². The minimum atomic E-state index is 0.117. The highest BCUT2D eigenvalue weighted by Gasteiger charge is 2.30. The number of rotatable bonds is 1. The Bertz CT molecular complexity index is 616. The van der Waals surface area contributed by atoms with Gasteiger partial charge in [0.15, 0.2) is 0 Å². The van der Waals surface area contributed by atoms with Crippen LogP contribution in [0.4, 0.5) is 0 Å². The molecule has 3 nitrogen and oxygen atoms in total. The number of hydrogen-bond acceptors (Lipinski definition) is 2. The summed E-state index contributed by atoms with van der Waals surface area (Å²) in [6.45, 7) is 6.36. The number of hydrogen-bond donors (Lipinski definition) is 2. The molecule has 1 aromatic carbocycles. The van der Waals surface area contributed by atoms with Gasteiger partial charge in [0.1, 0.15) is 5.75 Å². The molecule has 1 aliphatic rings. The van der Waals surface area contributed by atoms with E-state index < -0.39 is 0 Å². The average molecular weight is 265 g/mol. The Morgan fingerprint density at radius 3 is 2.83 bits per heavy atom. The van der Waals surface area contributed by atoms with Crippen LogP contribution in [0.3, 0.4) is 0 Å². The van der Waals surface area contributed by atoms with Crippen molar-refractivity contribution in [3.8, 4) is 5.75 Å². The zero-order chi connectivity index (χ0) is 12.9. The number of aromatic nitrogens is 1. The number of H-pyrrole nitrogens is 1. The minimum Gasteiger partial charge on any atom is -0.495 e. The molecule has 1 aromatic heterocycles. The molecule has 0 unspecified atom stereocenters. The van der Waals surface area contributed by atoms with Crippen LogP contribution in [0, 0.1) is 0 Å². The summed E-state index contributed by atoms with van der Waals surface area (Å²) in [6, 6.07) is 3.97. The smallest absolute Gasteiger partial charge is 0.138 e. The summed E-state index contributed by atoms with van der Waals surface area (Å²) >= 11 is 6.18. The maximum atomic E-state index is 6.18. The van der Waals surface area contributed by atoms with Crippen LogP contribution in [-0.4, -0.2) is 18.6 Å². The summed E-state index contributed by atoms with van der Waals surface area (Å²) in [4.78, 5) is 3.52. The van der Waals surface area contributed by atoms with Crippen molar-refractivity contribution in [3.05, 3.63) is 28.4 Å². The minimum absolute atomic E-state index is 0.117. The van der Waals surface area contributed by atoms with Crippen molar-refractivity contribution in [2.75, 3.05) is 13.7 Å². The van der Waals surface area contributed by atoms with Gasteiger partial charge in [0, 0.05) is 35.1 Å². The fraction of sp³-hybridized carbons (Fsp3) is 0.429. The van der Waals surface area contributed by atoms with E-state index in [1.165, 1.54) is 16.6 Å². The molecule has 2 N–H and O–H groups in total. The number of nitrogens with one attached hydrogen (secondary N) is 2. The molecule has 0 saturated heterocycles. The van der Waals surface area contributed by atoms with Crippen molar-refractivity contribution in [2.24, 2.45) is 0 Å². The molecule has 0 fully saturated rings. The standard InChI is InChI=1S/C14H17ClN2O/c1-14(2)7-16-6-9-8-4-12(18-3)10(15)5-11(8)17-13(9)14/h4-5,16-17H,6-7H2,1-3H3. The molecule has 0 saturated carbocycles. The first-order chi connectivity index (χ1) is 8.53. The van der Waals surface area contributed by atoms with Crippen LogP contribution in [-0.2, 0) is 12.0 Å². The van der Waals surface area contributed by atoms with E-state index in [0.29, 0.717) is 5.02 Å². The Labute approximate surface area is 111 Å². The van der Waals surface area contributed by atoms with Gasteiger partial charge >= 0.3 is 0 Å². The Kier molecular flexibility index (Phi) is 2.57. The lowest BCUT2D eigenvalue weighted by Crippen LogP contribution is -2.38. The molecule has 0 spiro atoms. The lowest BCUT2D eigenvalue weighted by Gasteiger charge is -2.30. The van der Waals surface area contributed by atoms with Gasteiger partial charge < -0.3 is 15.0 Å². The highest BCUT2D eigenvalue weighted by atomic mass is 35.5. The van der Waals surface area contributed by atoms with Crippen LogP contribution < -0.4 is 10.1 Å². The van der Waals surface area contributed by atoms with Crippen molar-refractivity contribution in [3.63, 3.8) is 0 Å². The summed E-state index contributed by atoms with van der Waals surface area (Å²) in [5.74, 6) is 0.731. The van der Waals surface area contributed by atoms with Crippen molar-refractivity contribution in [1.29, 1.82) is 0 Å². The SMILES string of the molecule is COc1cc2c3c([nH]c2cc1Cl)C(C)(C)CNC3. The third-order valence-electron chi connectivity index (χ3n) is 3.72. The maximum absolute atomic E-state index is 6.18. The Hall–Kier alpha value is -1.19. The highest BCUT2D eigenvalue weighted by molar-refractivity contribution is 6.32. The van der Waals surface area contributed by atoms with Crippen LogP contribution in [0.25, 0.3) is 10.9 Å². The molecule has 0 bridgehead atoms. The van der Waals surface area contributed by atoms with Gasteiger partial charge in [-0.3, -0.25) is 0 Å². The van der Waals surface area contributed by atoms with E-state index in [4.69, 9.17) is 16.3 Å². The zero-order valence-corrected chi connectivity index (χ0v) is 11.6. The van der Waals surface area contributed by atoms with Crippen LogP contribution in [0.2, 0.25) is 5.02 Å². The van der Waals surface area contributed by atoms with Crippen LogP contribution in [0.1, 0.15) is 25.1 Å². The first-order valence-corrected chi connectivity index (χ1v) is 6.50. The van der Waals surface area contributed by atoms with E-state index in [0.717, 1.165) is 24.4 Å². The van der Waals surface area contributed by atoms with E-state index >= 15 is 0 Å². The maximum Gasteiger partial charge on any atom is 0.138 e. The molecule has 0 amide bonds. The molecular weight excluding hydrogens is 248 g/mol. The van der Waals surface area contributed by atoms with Gasteiger partial charge in [-0.25, -0.2) is 0 Å². The van der Waals surface area contributed by atoms with Gasteiger partial charge in [0.25, 0.3) is 0 Å². The lowest BCUT2D eigenvalue weighted by atomic mass is 9.84. The van der Waals surface area contributed by atoms with E-state index in [1.807, 2.05) is 12.1 Å². The summed E-state index contributed by atoms with van der Waals surface area (Å²) in [5.41, 5.74) is 3.84. The van der Waals surface area contributed by atoms with Crippen LogP contribution in [0.5, 0.6) is 5.75 Å². The molecule has 4 heteroatoms. The monoisotopic (exact) mass is 264 g/mol. The Balaban J connectivity index is 2.30. The summed E-state index contributed by atoms with van der Waals surface area (Å²) in [7, 11) is 1.65. The molecule has 0 atom stereocenters. The normalized spacial score (nSPS) is 17.8. The number of fused-ring (bicyclic) bond motifs is 3. The molecule has 96 valence electrons. The number of aromatic amines is 1. The lowest BCUT2D eigenvalue weighted by molar-refractivity contribution is 0.415. The van der Waals surface area contributed by atoms with Gasteiger partial charge in [0.05, 0.1) is 12.1 Å². The van der Waals surface area contributed by atoms with Gasteiger partial charge in [0.2, 0.25) is 0 Å². The van der Waals surface area contributed by atoms with E-state index in [1.54, 1.807) is 7.11 Å². The molecule has 2 heterocycles. The Morgan fingerprint density at radius 1 is 1.33 bits per heavy atom. The quantitative estimate of drug-likeness (QED) is 0.830. The highest BCUT2D eigenvalue weighted by Crippen LogP contribution is 2.38. The van der Waals surface area contributed by atoms with Crippen molar-refractivity contribution < 1.29 is 4.74 Å². The third kappa shape index (κ3) is 1.62. The van der Waals surface area contributed by atoms with Crippen LogP contribution in [0.15, 0.2) is 12.1 Å². The second kappa shape index (κ2) is 3.90. The first-order valence-electron chi connectivity index (χ1n) is 6.12. The fourth-order valence-electron chi connectivity index (χ4n) is 2.76. The van der Waals surface area contributed by atoms with E-state index in [9.17, 15) is 0 Å². The number of benzene rings is 1. The molecule has 0 aliphatic carbocycles. The van der Waals surface area contributed by atoms with E-state index in [2.05, 4.69) is 24.1 Å². The molecular formula is C14H17ClN2O. The predicted molar refractivity (Wildman–Crippen MR) is 74.6 cm³/mol. The third-order valence-corrected chi connectivity index (χ3v) is 4.02. The average Bonchev–Trinajstić information content (AvgIpc) is 2.67. The summed E-state index contributed by atoms with van der Waals surface area (Å²) < 4.78 is 5.30. The second-order valence-electron chi connectivity index (χ2n) is 5.50. The molecule has 0 radical (unpaired) electrons. The Morgan fingerprint density at radius 2 is 2.11 bits per heavy atom. The predicted octanol–water partition coefficient (Wildman–Crippen LogP) is 3.21. The van der Waals surface area contributed by atoms with Gasteiger partial charge in [-0.05, 0) is 17.7 Å². The van der Waals surface area contributed by atoms with E-state index in [-0.39, 0.29) is 5.41 Å². The summed E-state index contributed by atoms with van der Waals surface area (Å²) in [5, 5.41) is 5.32. The van der Waals surface area contributed by atoms with Crippen molar-refractivity contribution >= 4 is 22.5 Å². The van der Waals surface area contributed by atoms with Crippen molar-refractivity contribution in [2.45, 2.75) is 25.8 Å². The van der Waals surface area contributed by atoms with Crippen molar-refractivity contribution in [1.82, 2.24) is 10.3 Å². The zero-order valence-electron chi connectivity index (χ0n) is 10.9. The van der Waals surface area contributed by atoms with Gasteiger partial charge in [-0.2, -0.15) is 0 Å². The number of halogens is 1. The number of methoxy groups -OCH3 is 1. The molecule has 18 heavy (non-hydrogen) atoms. The van der Waals surface area contributed by atoms with Gasteiger partial charge in [-0.1, -0.05) is 25.4 Å². The summed E-state index contributed by atoms with van der Waals surface area (Å²) in [6.07, 6.45) is 0. The fourth-order valence-corrected chi connectivity index (χ4v) is 3.00. The first kappa shape index (κ1) is 11.9. The largest absolute Gasteiger partial charge is 0.495 e. The van der Waals surface area contributed by atoms with Crippen LogP contribution >= 0.6 is 11.6 Å². The molecule has 1 aliphatic heterocycles. The molecule has 3 rings (SSSR count). The topological polar surface area (TPSA) is 37.0 Å². The number of ether oxygens (including phenoxy) is 1.